The Hall–Kier alpha value is -2.43. The van der Waals surface area contributed by atoms with Crippen molar-refractivity contribution in [3.8, 4) is 6.07 Å². The Morgan fingerprint density at radius 2 is 2.04 bits per heavy atom. The number of benzene rings is 1. The molecule has 2 aromatic rings. The van der Waals surface area contributed by atoms with Crippen molar-refractivity contribution in [2.75, 3.05) is 38.2 Å². The van der Waals surface area contributed by atoms with Gasteiger partial charge in [-0.1, -0.05) is 29.8 Å². The number of hydrogen-bond acceptors (Lipinski definition) is 6. The monoisotopic (exact) mass is 344 g/mol. The van der Waals surface area contributed by atoms with Gasteiger partial charge in [0, 0.05) is 19.6 Å². The lowest BCUT2D eigenvalue weighted by Crippen LogP contribution is -2.41. The molecule has 0 amide bonds. The zero-order valence-corrected chi connectivity index (χ0v) is 14.2. The highest BCUT2D eigenvalue weighted by atomic mass is 19.1. The van der Waals surface area contributed by atoms with Crippen LogP contribution in [0.4, 0.5) is 10.3 Å². The van der Waals surface area contributed by atoms with Crippen molar-refractivity contribution in [1.82, 2.24) is 9.88 Å². The molecule has 25 heavy (non-hydrogen) atoms. The number of oxazole rings is 1. The summed E-state index contributed by atoms with van der Waals surface area (Å²) in [5.74, 6) is 0.137. The Labute approximate surface area is 146 Å². The molecule has 0 aliphatic carbocycles. The van der Waals surface area contributed by atoms with Gasteiger partial charge in [-0.2, -0.15) is 10.2 Å². The minimum absolute atomic E-state index is 0.0808. The zero-order valence-electron chi connectivity index (χ0n) is 14.2. The normalized spacial score (nSPS) is 16.4. The summed E-state index contributed by atoms with van der Waals surface area (Å²) in [5.41, 5.74) is 2.45. The molecule has 1 aliphatic rings. The van der Waals surface area contributed by atoms with Crippen molar-refractivity contribution in [3.63, 3.8) is 0 Å². The molecule has 1 N–H and O–H groups in total. The van der Waals surface area contributed by atoms with Gasteiger partial charge in [0.15, 0.2) is 6.67 Å². The van der Waals surface area contributed by atoms with Gasteiger partial charge in [0.05, 0.1) is 19.3 Å². The van der Waals surface area contributed by atoms with Gasteiger partial charge >= 0.3 is 0 Å². The molecule has 3 rings (SSSR count). The van der Waals surface area contributed by atoms with Crippen LogP contribution in [0.2, 0.25) is 0 Å². The molecule has 0 unspecified atom stereocenters. The number of morpholine rings is 1. The zero-order chi connectivity index (χ0) is 17.6. The van der Waals surface area contributed by atoms with Crippen LogP contribution in [0.5, 0.6) is 0 Å². The molecule has 1 fully saturated rings. The third kappa shape index (κ3) is 4.16. The minimum Gasteiger partial charge on any atom is -0.421 e. The summed E-state index contributed by atoms with van der Waals surface area (Å²) in [6, 6.07) is 10.4. The van der Waals surface area contributed by atoms with Gasteiger partial charge in [0.25, 0.3) is 0 Å². The third-order valence-corrected chi connectivity index (χ3v) is 4.30. The maximum atomic E-state index is 12.7. The molecule has 0 radical (unpaired) electrons. The molecule has 0 saturated carbocycles. The van der Waals surface area contributed by atoms with Crippen LogP contribution >= 0.6 is 0 Å². The van der Waals surface area contributed by atoms with E-state index in [1.165, 1.54) is 11.1 Å². The van der Waals surface area contributed by atoms with Gasteiger partial charge in [-0.05, 0) is 12.5 Å². The van der Waals surface area contributed by atoms with E-state index in [-0.39, 0.29) is 23.5 Å². The Bertz CT molecular complexity index is 733. The van der Waals surface area contributed by atoms with Gasteiger partial charge in [0.1, 0.15) is 6.07 Å². The number of ether oxygens (including phenoxy) is 1. The lowest BCUT2D eigenvalue weighted by atomic mass is 10.0. The maximum Gasteiger partial charge on any atom is 0.232 e. The highest BCUT2D eigenvalue weighted by molar-refractivity contribution is 5.45. The lowest BCUT2D eigenvalue weighted by molar-refractivity contribution is 0.0186. The number of anilines is 1. The average Bonchev–Trinajstić information content (AvgIpc) is 3.06. The first-order valence-corrected chi connectivity index (χ1v) is 8.29. The topological polar surface area (TPSA) is 74.3 Å². The van der Waals surface area contributed by atoms with Crippen LogP contribution in [0.3, 0.4) is 0 Å². The van der Waals surface area contributed by atoms with E-state index in [2.05, 4.69) is 46.4 Å². The van der Waals surface area contributed by atoms with Crippen LogP contribution in [0, 0.1) is 18.3 Å². The second-order valence-electron chi connectivity index (χ2n) is 5.99. The van der Waals surface area contributed by atoms with Crippen molar-refractivity contribution in [2.45, 2.75) is 19.6 Å². The van der Waals surface area contributed by atoms with Crippen LogP contribution in [-0.2, 0) is 11.4 Å². The number of nitriles is 1. The summed E-state index contributed by atoms with van der Waals surface area (Å²) in [4.78, 5) is 6.16. The van der Waals surface area contributed by atoms with E-state index in [4.69, 9.17) is 14.4 Å². The summed E-state index contributed by atoms with van der Waals surface area (Å²) in [5, 5.41) is 12.3. The molecule has 1 aliphatic heterocycles. The van der Waals surface area contributed by atoms with Crippen molar-refractivity contribution in [2.24, 2.45) is 0 Å². The second-order valence-corrected chi connectivity index (χ2v) is 5.99. The number of nitrogens with zero attached hydrogens (tertiary/aromatic N) is 3. The maximum absolute atomic E-state index is 12.7. The minimum atomic E-state index is -0.832. The standard InChI is InChI=1S/C18H21FN4O2/c1-13-2-4-14(5-3-13)16(23-6-8-24-9-7-23)12-21-18-15(11-20)22-17(10-19)25-18/h2-5,16,21H,6-10,12H2,1H3/t16-/m0/s1. The second kappa shape index (κ2) is 8.10. The fourth-order valence-electron chi connectivity index (χ4n) is 2.94. The van der Waals surface area contributed by atoms with Crippen LogP contribution in [0.15, 0.2) is 28.7 Å². The van der Waals surface area contributed by atoms with E-state index >= 15 is 0 Å². The van der Waals surface area contributed by atoms with Crippen molar-refractivity contribution < 1.29 is 13.5 Å². The molecule has 0 bridgehead atoms. The van der Waals surface area contributed by atoms with Gasteiger partial charge < -0.3 is 14.5 Å². The Morgan fingerprint density at radius 3 is 2.68 bits per heavy atom. The quantitative estimate of drug-likeness (QED) is 0.868. The first-order chi connectivity index (χ1) is 12.2. The number of aromatic nitrogens is 1. The largest absolute Gasteiger partial charge is 0.421 e. The molecule has 132 valence electrons. The molecule has 1 aromatic carbocycles. The fraction of sp³-hybridized carbons (Fsp3) is 0.444. The van der Waals surface area contributed by atoms with Gasteiger partial charge in [-0.3, -0.25) is 4.90 Å². The summed E-state index contributed by atoms with van der Waals surface area (Å²) in [7, 11) is 0. The van der Waals surface area contributed by atoms with Crippen molar-refractivity contribution >= 4 is 5.88 Å². The highest BCUT2D eigenvalue weighted by Gasteiger charge is 2.24. The number of aryl methyl sites for hydroxylation is 1. The summed E-state index contributed by atoms with van der Waals surface area (Å²) < 4.78 is 23.5. The van der Waals surface area contributed by atoms with Crippen LogP contribution in [-0.4, -0.2) is 42.7 Å². The Morgan fingerprint density at radius 1 is 1.32 bits per heavy atom. The van der Waals surface area contributed by atoms with Crippen molar-refractivity contribution in [1.29, 1.82) is 5.26 Å². The van der Waals surface area contributed by atoms with Gasteiger partial charge in [0.2, 0.25) is 17.5 Å². The number of nitrogens with one attached hydrogen (secondary N) is 1. The summed E-state index contributed by atoms with van der Waals surface area (Å²) in [6.45, 7) is 4.80. The molecule has 0 spiro atoms. The van der Waals surface area contributed by atoms with Crippen LogP contribution in [0.1, 0.15) is 28.8 Å². The molecule has 2 heterocycles. The number of hydrogen-bond donors (Lipinski definition) is 1. The predicted octanol–water partition coefficient (Wildman–Crippen LogP) is 2.81. The number of alkyl halides is 1. The van der Waals surface area contributed by atoms with E-state index in [1.807, 2.05) is 6.07 Å². The van der Waals surface area contributed by atoms with E-state index in [0.29, 0.717) is 19.8 Å². The van der Waals surface area contributed by atoms with Crippen LogP contribution in [0.25, 0.3) is 0 Å². The summed E-state index contributed by atoms with van der Waals surface area (Å²) >= 11 is 0. The molecule has 1 saturated heterocycles. The molecule has 1 atom stereocenters. The first kappa shape index (κ1) is 17.4. The average molecular weight is 344 g/mol. The fourth-order valence-corrected chi connectivity index (χ4v) is 2.94. The number of halogens is 1. The van der Waals surface area contributed by atoms with Crippen LogP contribution < -0.4 is 5.32 Å². The molecular weight excluding hydrogens is 323 g/mol. The molecular formula is C18H21FN4O2. The predicted molar refractivity (Wildman–Crippen MR) is 90.8 cm³/mol. The van der Waals surface area contributed by atoms with E-state index in [0.717, 1.165) is 13.1 Å². The lowest BCUT2D eigenvalue weighted by Gasteiger charge is -2.35. The Kier molecular flexibility index (Phi) is 5.64. The van der Waals surface area contributed by atoms with Crippen molar-refractivity contribution in [3.05, 3.63) is 47.0 Å². The van der Waals surface area contributed by atoms with E-state index < -0.39 is 6.67 Å². The SMILES string of the molecule is Cc1ccc([C@H](CNc2oc(CF)nc2C#N)N2CCOCC2)cc1. The molecule has 7 heteroatoms. The molecule has 6 nitrogen and oxygen atoms in total. The van der Waals surface area contributed by atoms with Gasteiger partial charge in [-0.15, -0.1) is 0 Å². The highest BCUT2D eigenvalue weighted by Crippen LogP contribution is 2.25. The number of rotatable bonds is 6. The third-order valence-electron chi connectivity index (χ3n) is 4.30. The molecule has 1 aromatic heterocycles. The van der Waals surface area contributed by atoms with E-state index in [1.54, 1.807) is 0 Å². The summed E-state index contributed by atoms with van der Waals surface area (Å²) in [6.07, 6.45) is 0. The first-order valence-electron chi connectivity index (χ1n) is 8.29. The van der Waals surface area contributed by atoms with Gasteiger partial charge in [-0.25, -0.2) is 4.39 Å². The van der Waals surface area contributed by atoms with E-state index in [9.17, 15) is 4.39 Å². The smallest absolute Gasteiger partial charge is 0.232 e. The Balaban J connectivity index is 1.79.